The van der Waals surface area contributed by atoms with Gasteiger partial charge in [0.1, 0.15) is 16.5 Å². The largest absolute Gasteiger partial charge is 0.364 e. The Morgan fingerprint density at radius 3 is 2.65 bits per heavy atom. The third kappa shape index (κ3) is 3.38. The number of benzene rings is 1. The number of fused-ring (bicyclic) bond motifs is 1. The number of anilines is 1. The molecule has 1 N–H and O–H groups in total. The van der Waals surface area contributed by atoms with Crippen molar-refractivity contribution in [1.29, 1.82) is 0 Å². The molecule has 0 radical (unpaired) electrons. The molecule has 4 nitrogen and oxygen atoms in total. The van der Waals surface area contributed by atoms with E-state index in [4.69, 9.17) is 11.6 Å². The highest BCUT2D eigenvalue weighted by Crippen LogP contribution is 2.37. The highest BCUT2D eigenvalue weighted by atomic mass is 35.5. The van der Waals surface area contributed by atoms with Crippen molar-refractivity contribution >= 4 is 39.0 Å². The van der Waals surface area contributed by atoms with E-state index >= 15 is 0 Å². The molecule has 3 heterocycles. The monoisotopic (exact) mass is 384 g/mol. The Morgan fingerprint density at radius 1 is 1.08 bits per heavy atom. The number of hydrogen-bond donors (Lipinski definition) is 1. The standard InChI is InChI=1S/C19H14ClFN4S/c1-11-3-2-4-14(23-11)9-22-17-16-15(12-5-7-13(21)8-6-12)10-26-18(16)25-19(20)24-17/h2-8,10H,9H2,1H3,(H,22,24,25). The second kappa shape index (κ2) is 6.97. The molecule has 4 aromatic rings. The number of aromatic nitrogens is 3. The average Bonchev–Trinajstić information content (AvgIpc) is 3.04. The van der Waals surface area contributed by atoms with Crippen LogP contribution in [-0.2, 0) is 6.54 Å². The van der Waals surface area contributed by atoms with E-state index in [-0.39, 0.29) is 11.1 Å². The van der Waals surface area contributed by atoms with E-state index in [1.54, 1.807) is 12.1 Å². The molecule has 0 aliphatic carbocycles. The second-order valence-corrected chi connectivity index (χ2v) is 7.00. The zero-order valence-electron chi connectivity index (χ0n) is 13.8. The fraction of sp³-hybridized carbons (Fsp3) is 0.105. The maximum atomic E-state index is 13.3. The molecule has 0 atom stereocenters. The summed E-state index contributed by atoms with van der Waals surface area (Å²) >= 11 is 7.57. The van der Waals surface area contributed by atoms with Gasteiger partial charge < -0.3 is 5.32 Å². The summed E-state index contributed by atoms with van der Waals surface area (Å²) in [6, 6.07) is 12.3. The summed E-state index contributed by atoms with van der Waals surface area (Å²) in [5.41, 5.74) is 3.71. The van der Waals surface area contributed by atoms with E-state index in [9.17, 15) is 4.39 Å². The lowest BCUT2D eigenvalue weighted by Gasteiger charge is -2.09. The molecular formula is C19H14ClFN4S. The maximum Gasteiger partial charge on any atom is 0.225 e. The molecule has 0 saturated carbocycles. The van der Waals surface area contributed by atoms with Crippen LogP contribution >= 0.6 is 22.9 Å². The first-order valence-corrected chi connectivity index (χ1v) is 9.23. The van der Waals surface area contributed by atoms with E-state index in [1.807, 2.05) is 30.5 Å². The van der Waals surface area contributed by atoms with Crippen molar-refractivity contribution < 1.29 is 4.39 Å². The highest BCUT2D eigenvalue weighted by Gasteiger charge is 2.15. The first-order chi connectivity index (χ1) is 12.6. The average molecular weight is 385 g/mol. The molecule has 3 aromatic heterocycles. The SMILES string of the molecule is Cc1cccc(CNc2nc(Cl)nc3scc(-c4ccc(F)cc4)c23)n1. The lowest BCUT2D eigenvalue weighted by Crippen LogP contribution is -2.05. The summed E-state index contributed by atoms with van der Waals surface area (Å²) in [4.78, 5) is 13.9. The van der Waals surface area contributed by atoms with Gasteiger partial charge in [-0.15, -0.1) is 11.3 Å². The number of halogens is 2. The van der Waals surface area contributed by atoms with E-state index in [2.05, 4.69) is 20.3 Å². The zero-order valence-corrected chi connectivity index (χ0v) is 15.4. The predicted molar refractivity (Wildman–Crippen MR) is 104 cm³/mol. The highest BCUT2D eigenvalue weighted by molar-refractivity contribution is 7.17. The van der Waals surface area contributed by atoms with Crippen LogP contribution in [0.3, 0.4) is 0 Å². The minimum Gasteiger partial charge on any atom is -0.364 e. The van der Waals surface area contributed by atoms with Crippen LogP contribution < -0.4 is 5.32 Å². The number of nitrogens with zero attached hydrogens (tertiary/aromatic N) is 3. The lowest BCUT2D eigenvalue weighted by molar-refractivity contribution is 0.628. The molecule has 0 fully saturated rings. The fourth-order valence-electron chi connectivity index (χ4n) is 2.76. The van der Waals surface area contributed by atoms with Gasteiger partial charge in [-0.05, 0) is 48.4 Å². The van der Waals surface area contributed by atoms with Crippen molar-refractivity contribution in [3.05, 3.63) is 70.3 Å². The topological polar surface area (TPSA) is 50.7 Å². The van der Waals surface area contributed by atoms with Crippen LogP contribution in [0.5, 0.6) is 0 Å². The van der Waals surface area contributed by atoms with Gasteiger partial charge in [0, 0.05) is 16.6 Å². The van der Waals surface area contributed by atoms with Gasteiger partial charge in [0.2, 0.25) is 5.28 Å². The normalized spacial score (nSPS) is 11.0. The van der Waals surface area contributed by atoms with Gasteiger partial charge in [-0.3, -0.25) is 4.98 Å². The molecule has 0 saturated heterocycles. The number of aryl methyl sites for hydroxylation is 1. The van der Waals surface area contributed by atoms with Gasteiger partial charge in [-0.1, -0.05) is 18.2 Å². The van der Waals surface area contributed by atoms with E-state index in [1.165, 1.54) is 23.5 Å². The van der Waals surface area contributed by atoms with E-state index in [0.29, 0.717) is 12.4 Å². The van der Waals surface area contributed by atoms with Crippen LogP contribution in [-0.4, -0.2) is 15.0 Å². The predicted octanol–water partition coefficient (Wildman–Crippen LogP) is 5.47. The molecule has 130 valence electrons. The van der Waals surface area contributed by atoms with Gasteiger partial charge in [0.05, 0.1) is 17.6 Å². The molecule has 0 amide bonds. The van der Waals surface area contributed by atoms with E-state index < -0.39 is 0 Å². The molecule has 0 aliphatic heterocycles. The molecule has 0 aliphatic rings. The number of pyridine rings is 1. The minimum atomic E-state index is -0.267. The van der Waals surface area contributed by atoms with Gasteiger partial charge in [-0.25, -0.2) is 14.4 Å². The molecule has 26 heavy (non-hydrogen) atoms. The molecule has 1 aromatic carbocycles. The van der Waals surface area contributed by atoms with Crippen LogP contribution in [0.25, 0.3) is 21.3 Å². The lowest BCUT2D eigenvalue weighted by atomic mass is 10.1. The smallest absolute Gasteiger partial charge is 0.225 e. The van der Waals surface area contributed by atoms with Crippen LogP contribution in [0.2, 0.25) is 5.28 Å². The molecule has 0 unspecified atom stereocenters. The van der Waals surface area contributed by atoms with Crippen molar-refractivity contribution in [2.24, 2.45) is 0 Å². The van der Waals surface area contributed by atoms with Gasteiger partial charge in [-0.2, -0.15) is 0 Å². The Morgan fingerprint density at radius 2 is 1.88 bits per heavy atom. The molecule has 0 bridgehead atoms. The zero-order chi connectivity index (χ0) is 18.1. The Bertz CT molecular complexity index is 1080. The summed E-state index contributed by atoms with van der Waals surface area (Å²) in [6.45, 7) is 2.47. The molecule has 7 heteroatoms. The van der Waals surface area contributed by atoms with Crippen LogP contribution in [0.1, 0.15) is 11.4 Å². The second-order valence-electron chi connectivity index (χ2n) is 5.80. The van der Waals surface area contributed by atoms with Crippen molar-refractivity contribution in [2.75, 3.05) is 5.32 Å². The summed E-state index contributed by atoms with van der Waals surface area (Å²) in [5, 5.41) is 6.36. The molecule has 4 rings (SSSR count). The summed E-state index contributed by atoms with van der Waals surface area (Å²) in [7, 11) is 0. The third-order valence-corrected chi connectivity index (χ3v) is 4.99. The van der Waals surface area contributed by atoms with Crippen LogP contribution in [0.15, 0.2) is 47.8 Å². The van der Waals surface area contributed by atoms with Gasteiger partial charge in [0.25, 0.3) is 0 Å². The summed E-state index contributed by atoms with van der Waals surface area (Å²) < 4.78 is 13.3. The maximum absolute atomic E-state index is 13.3. The van der Waals surface area contributed by atoms with Crippen LogP contribution in [0.4, 0.5) is 10.2 Å². The minimum absolute atomic E-state index is 0.185. The van der Waals surface area contributed by atoms with Gasteiger partial charge in [0.15, 0.2) is 0 Å². The van der Waals surface area contributed by atoms with Crippen molar-refractivity contribution in [3.63, 3.8) is 0 Å². The number of nitrogens with one attached hydrogen (secondary N) is 1. The Kier molecular flexibility index (Phi) is 4.53. The summed E-state index contributed by atoms with van der Waals surface area (Å²) in [5.74, 6) is 0.375. The Balaban J connectivity index is 1.75. The third-order valence-electron chi connectivity index (χ3n) is 3.94. The number of rotatable bonds is 4. The number of hydrogen-bond acceptors (Lipinski definition) is 5. The fourth-order valence-corrected chi connectivity index (χ4v) is 3.92. The molecule has 0 spiro atoms. The summed E-state index contributed by atoms with van der Waals surface area (Å²) in [6.07, 6.45) is 0. The van der Waals surface area contributed by atoms with Crippen LogP contribution in [0, 0.1) is 12.7 Å². The Labute approximate surface area is 158 Å². The number of thiophene rings is 1. The van der Waals surface area contributed by atoms with Crippen molar-refractivity contribution in [3.8, 4) is 11.1 Å². The van der Waals surface area contributed by atoms with E-state index in [0.717, 1.165) is 32.7 Å². The quantitative estimate of drug-likeness (QED) is 0.474. The van der Waals surface area contributed by atoms with Crippen molar-refractivity contribution in [2.45, 2.75) is 13.5 Å². The van der Waals surface area contributed by atoms with Gasteiger partial charge >= 0.3 is 0 Å². The first-order valence-electron chi connectivity index (χ1n) is 7.97. The first kappa shape index (κ1) is 16.9. The Hall–Kier alpha value is -2.57. The molecular weight excluding hydrogens is 371 g/mol. The van der Waals surface area contributed by atoms with Crippen molar-refractivity contribution in [1.82, 2.24) is 15.0 Å².